The Balaban J connectivity index is 2.23. The van der Waals surface area contributed by atoms with Gasteiger partial charge in [0.25, 0.3) is 0 Å². The van der Waals surface area contributed by atoms with Crippen LogP contribution in [0.3, 0.4) is 0 Å². The van der Waals surface area contributed by atoms with Crippen LogP contribution in [0.15, 0.2) is 46.0 Å². The third kappa shape index (κ3) is 3.73. The Labute approximate surface area is 131 Å². The van der Waals surface area contributed by atoms with Crippen molar-refractivity contribution < 1.29 is 8.42 Å². The predicted octanol–water partition coefficient (Wildman–Crippen LogP) is 3.87. The summed E-state index contributed by atoms with van der Waals surface area (Å²) >= 11 is 1.57. The third-order valence-corrected chi connectivity index (χ3v) is 5.96. The number of benzene rings is 1. The normalized spacial score (nSPS) is 12.8. The molecule has 2 rings (SSSR count). The molecule has 0 radical (unpaired) electrons. The largest absolute Gasteiger partial charge is 0.243 e. The molecule has 0 fully saturated rings. The SMILES string of the molecule is CN(Cc1ccsc1)S(=O)(=O)c1ccc(C(C)(C)C)cc1. The van der Waals surface area contributed by atoms with Crippen molar-refractivity contribution in [2.75, 3.05) is 7.05 Å². The molecule has 0 saturated carbocycles. The molecule has 2 aromatic rings. The van der Waals surface area contributed by atoms with E-state index in [0.717, 1.165) is 11.1 Å². The fourth-order valence-electron chi connectivity index (χ4n) is 2.03. The summed E-state index contributed by atoms with van der Waals surface area (Å²) in [6.07, 6.45) is 0. The molecule has 0 aliphatic heterocycles. The molecular weight excluding hydrogens is 302 g/mol. The van der Waals surface area contributed by atoms with Crippen molar-refractivity contribution in [2.24, 2.45) is 0 Å². The molecule has 0 atom stereocenters. The molecular formula is C16H21NO2S2. The van der Waals surface area contributed by atoms with Crippen LogP contribution in [0.1, 0.15) is 31.9 Å². The van der Waals surface area contributed by atoms with Gasteiger partial charge in [0.2, 0.25) is 10.0 Å². The fourth-order valence-corrected chi connectivity index (χ4v) is 3.85. The van der Waals surface area contributed by atoms with E-state index in [9.17, 15) is 8.42 Å². The van der Waals surface area contributed by atoms with Gasteiger partial charge >= 0.3 is 0 Å². The molecule has 21 heavy (non-hydrogen) atoms. The molecule has 0 aliphatic rings. The van der Waals surface area contributed by atoms with Crippen molar-refractivity contribution in [3.8, 4) is 0 Å². The second kappa shape index (κ2) is 5.91. The van der Waals surface area contributed by atoms with E-state index < -0.39 is 10.0 Å². The van der Waals surface area contributed by atoms with Gasteiger partial charge in [-0.3, -0.25) is 0 Å². The van der Waals surface area contributed by atoms with E-state index >= 15 is 0 Å². The fraction of sp³-hybridized carbons (Fsp3) is 0.375. The van der Waals surface area contributed by atoms with Crippen molar-refractivity contribution >= 4 is 21.4 Å². The number of hydrogen-bond donors (Lipinski definition) is 0. The number of rotatable bonds is 4. The molecule has 0 amide bonds. The van der Waals surface area contributed by atoms with Crippen LogP contribution in [0.5, 0.6) is 0 Å². The first kappa shape index (κ1) is 16.2. The zero-order valence-corrected chi connectivity index (χ0v) is 14.5. The molecule has 1 aromatic carbocycles. The van der Waals surface area contributed by atoms with Crippen LogP contribution in [0.2, 0.25) is 0 Å². The van der Waals surface area contributed by atoms with Crippen LogP contribution < -0.4 is 0 Å². The summed E-state index contributed by atoms with van der Waals surface area (Å²) in [6.45, 7) is 6.73. The molecule has 3 nitrogen and oxygen atoms in total. The number of hydrogen-bond acceptors (Lipinski definition) is 3. The highest BCUT2D eigenvalue weighted by Crippen LogP contribution is 2.25. The van der Waals surface area contributed by atoms with E-state index in [1.165, 1.54) is 4.31 Å². The lowest BCUT2D eigenvalue weighted by molar-refractivity contribution is 0.467. The molecule has 0 unspecified atom stereocenters. The Morgan fingerprint density at radius 2 is 1.71 bits per heavy atom. The Bertz CT molecular complexity index is 681. The zero-order chi connectivity index (χ0) is 15.7. The second-order valence-corrected chi connectivity index (χ2v) is 8.99. The van der Waals surface area contributed by atoms with Gasteiger partial charge in [0, 0.05) is 13.6 Å². The Morgan fingerprint density at radius 3 is 2.19 bits per heavy atom. The van der Waals surface area contributed by atoms with Gasteiger partial charge in [0.05, 0.1) is 4.90 Å². The van der Waals surface area contributed by atoms with Gasteiger partial charge in [0.15, 0.2) is 0 Å². The minimum absolute atomic E-state index is 0.0187. The van der Waals surface area contributed by atoms with Gasteiger partial charge in [0.1, 0.15) is 0 Å². The lowest BCUT2D eigenvalue weighted by Crippen LogP contribution is -2.26. The van der Waals surface area contributed by atoms with Crippen LogP contribution in [0.4, 0.5) is 0 Å². The lowest BCUT2D eigenvalue weighted by atomic mass is 9.87. The minimum atomic E-state index is -3.44. The van der Waals surface area contributed by atoms with Gasteiger partial charge in [-0.1, -0.05) is 32.9 Å². The summed E-state index contributed by atoms with van der Waals surface area (Å²) < 4.78 is 26.5. The first-order valence-corrected chi connectivity index (χ1v) is 9.17. The number of sulfonamides is 1. The average molecular weight is 323 g/mol. The van der Waals surface area contributed by atoms with Gasteiger partial charge in [-0.15, -0.1) is 0 Å². The van der Waals surface area contributed by atoms with Crippen molar-refractivity contribution in [3.63, 3.8) is 0 Å². The van der Waals surface area contributed by atoms with E-state index in [0.29, 0.717) is 11.4 Å². The first-order valence-electron chi connectivity index (χ1n) is 6.79. The summed E-state index contributed by atoms with van der Waals surface area (Å²) in [5.74, 6) is 0. The van der Waals surface area contributed by atoms with Crippen molar-refractivity contribution in [1.82, 2.24) is 4.31 Å². The highest BCUT2D eigenvalue weighted by atomic mass is 32.2. The van der Waals surface area contributed by atoms with Crippen LogP contribution in [0.25, 0.3) is 0 Å². The predicted molar refractivity (Wildman–Crippen MR) is 88.1 cm³/mol. The monoisotopic (exact) mass is 323 g/mol. The van der Waals surface area contributed by atoms with Gasteiger partial charge in [-0.25, -0.2) is 8.42 Å². The van der Waals surface area contributed by atoms with E-state index in [1.54, 1.807) is 30.5 Å². The van der Waals surface area contributed by atoms with Crippen LogP contribution >= 0.6 is 11.3 Å². The summed E-state index contributed by atoms with van der Waals surface area (Å²) in [6, 6.07) is 9.12. The van der Waals surface area contributed by atoms with Crippen LogP contribution in [-0.4, -0.2) is 19.8 Å². The first-order chi connectivity index (χ1) is 9.71. The summed E-state index contributed by atoms with van der Waals surface area (Å²) in [4.78, 5) is 0.341. The Morgan fingerprint density at radius 1 is 1.10 bits per heavy atom. The van der Waals surface area contributed by atoms with Gasteiger partial charge < -0.3 is 0 Å². The number of thiophene rings is 1. The summed E-state index contributed by atoms with van der Waals surface area (Å²) in [5.41, 5.74) is 2.16. The molecule has 0 N–H and O–H groups in total. The molecule has 114 valence electrons. The van der Waals surface area contributed by atoms with Crippen molar-refractivity contribution in [1.29, 1.82) is 0 Å². The van der Waals surface area contributed by atoms with Gasteiger partial charge in [-0.05, 0) is 45.5 Å². The third-order valence-electron chi connectivity index (χ3n) is 3.41. The van der Waals surface area contributed by atoms with E-state index in [-0.39, 0.29) is 5.41 Å². The van der Waals surface area contributed by atoms with Crippen molar-refractivity contribution in [2.45, 2.75) is 37.6 Å². The molecule has 0 saturated heterocycles. The highest BCUT2D eigenvalue weighted by Gasteiger charge is 2.22. The maximum absolute atomic E-state index is 12.5. The second-order valence-electron chi connectivity index (χ2n) is 6.17. The summed E-state index contributed by atoms with van der Waals surface area (Å²) in [7, 11) is -1.82. The quantitative estimate of drug-likeness (QED) is 0.856. The molecule has 0 bridgehead atoms. The zero-order valence-electron chi connectivity index (χ0n) is 12.8. The van der Waals surface area contributed by atoms with Crippen LogP contribution in [0, 0.1) is 0 Å². The maximum Gasteiger partial charge on any atom is 0.243 e. The molecule has 1 heterocycles. The van der Waals surface area contributed by atoms with Gasteiger partial charge in [-0.2, -0.15) is 15.6 Å². The smallest absolute Gasteiger partial charge is 0.207 e. The molecule has 5 heteroatoms. The highest BCUT2D eigenvalue weighted by molar-refractivity contribution is 7.89. The molecule has 1 aromatic heterocycles. The summed E-state index contributed by atoms with van der Waals surface area (Å²) in [5, 5.41) is 3.92. The lowest BCUT2D eigenvalue weighted by Gasteiger charge is -2.20. The number of nitrogens with zero attached hydrogens (tertiary/aromatic N) is 1. The van der Waals surface area contributed by atoms with E-state index in [1.807, 2.05) is 29.0 Å². The Hall–Kier alpha value is -1.17. The van der Waals surface area contributed by atoms with Crippen LogP contribution in [-0.2, 0) is 22.0 Å². The van der Waals surface area contributed by atoms with E-state index in [2.05, 4.69) is 20.8 Å². The van der Waals surface area contributed by atoms with E-state index in [4.69, 9.17) is 0 Å². The standard InChI is InChI=1S/C16H21NO2S2/c1-16(2,3)14-5-7-15(8-6-14)21(18,19)17(4)11-13-9-10-20-12-13/h5-10,12H,11H2,1-4H3. The minimum Gasteiger partial charge on any atom is -0.207 e. The van der Waals surface area contributed by atoms with Crippen molar-refractivity contribution in [3.05, 3.63) is 52.2 Å². The Kier molecular flexibility index (Phi) is 4.56. The average Bonchev–Trinajstić information content (AvgIpc) is 2.90. The topological polar surface area (TPSA) is 37.4 Å². The molecule has 0 aliphatic carbocycles. The molecule has 0 spiro atoms. The maximum atomic E-state index is 12.5.